The zero-order valence-electron chi connectivity index (χ0n) is 12.5. The molecular formula is C16H24N4. The molecule has 108 valence electrons. The lowest BCUT2D eigenvalue weighted by atomic mass is 10.1. The highest BCUT2D eigenvalue weighted by atomic mass is 15.2. The van der Waals surface area contributed by atoms with E-state index in [-0.39, 0.29) is 0 Å². The molecule has 4 nitrogen and oxygen atoms in total. The summed E-state index contributed by atoms with van der Waals surface area (Å²) in [5.74, 6) is 0. The number of hydrogen-bond acceptors (Lipinski definition) is 4. The summed E-state index contributed by atoms with van der Waals surface area (Å²) in [6.45, 7) is 8.13. The molecular weight excluding hydrogens is 248 g/mol. The Morgan fingerprint density at radius 1 is 1.25 bits per heavy atom. The van der Waals surface area contributed by atoms with E-state index in [2.05, 4.69) is 47.3 Å². The molecule has 20 heavy (non-hydrogen) atoms. The Bertz CT molecular complexity index is 470. The number of piperazine rings is 1. The van der Waals surface area contributed by atoms with Gasteiger partial charge >= 0.3 is 0 Å². The lowest BCUT2D eigenvalue weighted by Gasteiger charge is -2.34. The molecule has 0 bridgehead atoms. The highest BCUT2D eigenvalue weighted by molar-refractivity contribution is 5.60. The number of hydrogen-bond donors (Lipinski definition) is 1. The second-order valence-electron chi connectivity index (χ2n) is 5.43. The van der Waals surface area contributed by atoms with Crippen molar-refractivity contribution in [3.05, 3.63) is 29.3 Å². The summed E-state index contributed by atoms with van der Waals surface area (Å²) in [7, 11) is 2.14. The average molecular weight is 272 g/mol. The highest BCUT2D eigenvalue weighted by Gasteiger charge is 2.17. The first kappa shape index (κ1) is 14.8. The first-order chi connectivity index (χ1) is 9.74. The molecule has 2 rings (SSSR count). The van der Waals surface area contributed by atoms with Gasteiger partial charge in [0.1, 0.15) is 6.07 Å². The van der Waals surface area contributed by atoms with E-state index in [9.17, 15) is 5.26 Å². The van der Waals surface area contributed by atoms with Crippen molar-refractivity contribution < 1.29 is 0 Å². The van der Waals surface area contributed by atoms with Gasteiger partial charge in [0.25, 0.3) is 0 Å². The van der Waals surface area contributed by atoms with Crippen molar-refractivity contribution in [3.8, 4) is 6.07 Å². The van der Waals surface area contributed by atoms with Gasteiger partial charge in [-0.1, -0.05) is 13.0 Å². The van der Waals surface area contributed by atoms with Gasteiger partial charge in [-0.3, -0.25) is 0 Å². The fourth-order valence-electron chi connectivity index (χ4n) is 2.52. The van der Waals surface area contributed by atoms with Crippen LogP contribution in [0, 0.1) is 11.3 Å². The average Bonchev–Trinajstić information content (AvgIpc) is 2.48. The quantitative estimate of drug-likeness (QED) is 0.830. The van der Waals surface area contributed by atoms with Crippen molar-refractivity contribution >= 4 is 5.69 Å². The molecule has 0 radical (unpaired) electrons. The minimum absolute atomic E-state index is 0.797. The second-order valence-corrected chi connectivity index (χ2v) is 5.43. The first-order valence-corrected chi connectivity index (χ1v) is 7.42. The van der Waals surface area contributed by atoms with E-state index in [0.717, 1.165) is 56.9 Å². The minimum Gasteiger partial charge on any atom is -0.368 e. The van der Waals surface area contributed by atoms with Crippen LogP contribution in [-0.2, 0) is 6.54 Å². The summed E-state index contributed by atoms with van der Waals surface area (Å²) in [6, 6.07) is 8.62. The fraction of sp³-hybridized carbons (Fsp3) is 0.562. The molecule has 1 heterocycles. The maximum atomic E-state index is 9.39. The number of benzene rings is 1. The SMILES string of the molecule is CCCNCc1ccc(N2CCN(C)CC2)c(C#N)c1. The molecule has 0 saturated carbocycles. The zero-order chi connectivity index (χ0) is 14.4. The third kappa shape index (κ3) is 3.72. The van der Waals surface area contributed by atoms with Crippen molar-refractivity contribution in [1.82, 2.24) is 10.2 Å². The van der Waals surface area contributed by atoms with E-state index in [1.807, 2.05) is 6.07 Å². The largest absolute Gasteiger partial charge is 0.368 e. The van der Waals surface area contributed by atoms with Gasteiger partial charge in [-0.05, 0) is 37.7 Å². The Labute approximate surface area is 122 Å². The zero-order valence-corrected chi connectivity index (χ0v) is 12.5. The molecule has 1 aliphatic rings. The molecule has 1 aliphatic heterocycles. The summed E-state index contributed by atoms with van der Waals surface area (Å²) >= 11 is 0. The predicted molar refractivity (Wildman–Crippen MR) is 82.9 cm³/mol. The van der Waals surface area contributed by atoms with E-state index in [1.54, 1.807) is 0 Å². The number of nitrogens with one attached hydrogen (secondary N) is 1. The van der Waals surface area contributed by atoms with Gasteiger partial charge in [-0.15, -0.1) is 0 Å². The maximum Gasteiger partial charge on any atom is 0.101 e. The van der Waals surface area contributed by atoms with Gasteiger partial charge in [0.15, 0.2) is 0 Å². The van der Waals surface area contributed by atoms with Crippen molar-refractivity contribution in [2.75, 3.05) is 44.7 Å². The van der Waals surface area contributed by atoms with Gasteiger partial charge in [-0.25, -0.2) is 0 Å². The van der Waals surface area contributed by atoms with E-state index in [0.29, 0.717) is 0 Å². The Balaban J connectivity index is 2.08. The van der Waals surface area contributed by atoms with Gasteiger partial charge in [0, 0.05) is 32.7 Å². The molecule has 0 amide bonds. The monoisotopic (exact) mass is 272 g/mol. The number of anilines is 1. The molecule has 1 aromatic rings. The number of nitrogens with zero attached hydrogens (tertiary/aromatic N) is 3. The molecule has 0 spiro atoms. The molecule has 4 heteroatoms. The molecule has 1 saturated heterocycles. The molecule has 0 aromatic heterocycles. The van der Waals surface area contributed by atoms with Crippen LogP contribution >= 0.6 is 0 Å². The van der Waals surface area contributed by atoms with Crippen molar-refractivity contribution in [1.29, 1.82) is 5.26 Å². The summed E-state index contributed by atoms with van der Waals surface area (Å²) in [4.78, 5) is 4.65. The summed E-state index contributed by atoms with van der Waals surface area (Å²) < 4.78 is 0. The maximum absolute atomic E-state index is 9.39. The third-order valence-corrected chi connectivity index (χ3v) is 3.78. The van der Waals surface area contributed by atoms with Crippen LogP contribution in [0.1, 0.15) is 24.5 Å². The van der Waals surface area contributed by atoms with Gasteiger partial charge in [-0.2, -0.15) is 5.26 Å². The van der Waals surface area contributed by atoms with Gasteiger partial charge in [0.05, 0.1) is 11.3 Å². The lowest BCUT2D eigenvalue weighted by molar-refractivity contribution is 0.313. The van der Waals surface area contributed by atoms with Crippen LogP contribution in [0.5, 0.6) is 0 Å². The molecule has 1 fully saturated rings. The molecule has 1 aromatic carbocycles. The molecule has 0 aliphatic carbocycles. The Morgan fingerprint density at radius 2 is 2.00 bits per heavy atom. The van der Waals surface area contributed by atoms with Crippen LogP contribution < -0.4 is 10.2 Å². The van der Waals surface area contributed by atoms with Crippen LogP contribution in [0.4, 0.5) is 5.69 Å². The second kappa shape index (κ2) is 7.28. The number of nitriles is 1. The Hall–Kier alpha value is -1.57. The minimum atomic E-state index is 0.797. The summed E-state index contributed by atoms with van der Waals surface area (Å²) in [5.41, 5.74) is 3.07. The van der Waals surface area contributed by atoms with Gasteiger partial charge in [0.2, 0.25) is 0 Å². The lowest BCUT2D eigenvalue weighted by Crippen LogP contribution is -2.44. The van der Waals surface area contributed by atoms with E-state index < -0.39 is 0 Å². The standard InChI is InChI=1S/C16H24N4/c1-3-6-18-13-14-4-5-16(15(11-14)12-17)20-9-7-19(2)8-10-20/h4-5,11,18H,3,6-10,13H2,1-2H3. The smallest absolute Gasteiger partial charge is 0.101 e. The van der Waals surface area contributed by atoms with Gasteiger partial charge < -0.3 is 15.1 Å². The molecule has 1 N–H and O–H groups in total. The van der Waals surface area contributed by atoms with Crippen molar-refractivity contribution in [2.24, 2.45) is 0 Å². The highest BCUT2D eigenvalue weighted by Crippen LogP contribution is 2.22. The Kier molecular flexibility index (Phi) is 5.40. The van der Waals surface area contributed by atoms with Crippen LogP contribution in [0.25, 0.3) is 0 Å². The van der Waals surface area contributed by atoms with E-state index >= 15 is 0 Å². The van der Waals surface area contributed by atoms with Crippen LogP contribution in [-0.4, -0.2) is 44.7 Å². The number of likely N-dealkylation sites (N-methyl/N-ethyl adjacent to an activating group) is 1. The first-order valence-electron chi connectivity index (χ1n) is 7.42. The Morgan fingerprint density at radius 3 is 2.65 bits per heavy atom. The third-order valence-electron chi connectivity index (χ3n) is 3.78. The van der Waals surface area contributed by atoms with Crippen molar-refractivity contribution in [3.63, 3.8) is 0 Å². The number of rotatable bonds is 5. The topological polar surface area (TPSA) is 42.3 Å². The molecule has 0 atom stereocenters. The normalized spacial score (nSPS) is 16.1. The predicted octanol–water partition coefficient (Wildman–Crippen LogP) is 1.81. The van der Waals surface area contributed by atoms with Crippen LogP contribution in [0.2, 0.25) is 0 Å². The van der Waals surface area contributed by atoms with E-state index in [1.165, 1.54) is 5.56 Å². The molecule has 0 unspecified atom stereocenters. The van der Waals surface area contributed by atoms with Crippen LogP contribution in [0.15, 0.2) is 18.2 Å². The van der Waals surface area contributed by atoms with Crippen molar-refractivity contribution in [2.45, 2.75) is 19.9 Å². The van der Waals surface area contributed by atoms with E-state index in [4.69, 9.17) is 0 Å². The summed E-state index contributed by atoms with van der Waals surface area (Å²) in [6.07, 6.45) is 1.13. The van der Waals surface area contributed by atoms with Crippen LogP contribution in [0.3, 0.4) is 0 Å². The fourth-order valence-corrected chi connectivity index (χ4v) is 2.52. The summed E-state index contributed by atoms with van der Waals surface area (Å²) in [5, 5.41) is 12.8.